The smallest absolute Gasteiger partial charge is 0.317 e. The topological polar surface area (TPSA) is 116 Å². The van der Waals surface area contributed by atoms with E-state index >= 15 is 0 Å². The second-order valence-corrected chi connectivity index (χ2v) is 13.4. The summed E-state index contributed by atoms with van der Waals surface area (Å²) in [6.45, 7) is 9.67. The number of esters is 4. The third-order valence-corrected chi connectivity index (χ3v) is 10.6. The van der Waals surface area contributed by atoms with Crippen LogP contribution in [0.25, 0.3) is 0 Å². The Morgan fingerprint density at radius 1 is 0.865 bits per heavy atom. The molecule has 6 fully saturated rings. The summed E-state index contributed by atoms with van der Waals surface area (Å²) in [6, 6.07) is 0. The molecule has 0 aromatic heterocycles. The number of hydrogen-bond acceptors (Lipinski definition) is 8. The summed E-state index contributed by atoms with van der Waals surface area (Å²) in [5.41, 5.74) is -0.546. The van der Waals surface area contributed by atoms with E-state index in [4.69, 9.17) is 19.3 Å². The molecule has 0 radical (unpaired) electrons. The minimum Gasteiger partial charge on any atom is -0.463 e. The van der Waals surface area contributed by atoms with Gasteiger partial charge in [0.25, 0.3) is 0 Å². The van der Waals surface area contributed by atoms with Crippen molar-refractivity contribution < 1.29 is 38.5 Å². The Morgan fingerprint density at radius 3 is 2.08 bits per heavy atom. The Morgan fingerprint density at radius 2 is 1.49 bits per heavy atom. The van der Waals surface area contributed by atoms with Crippen LogP contribution in [0.3, 0.4) is 0 Å². The number of aliphatic hydroxyl groups is 1. The van der Waals surface area contributed by atoms with Crippen LogP contribution >= 0.6 is 0 Å². The van der Waals surface area contributed by atoms with Crippen LogP contribution < -0.4 is 0 Å². The van der Waals surface area contributed by atoms with Crippen molar-refractivity contribution in [3.05, 3.63) is 0 Å². The summed E-state index contributed by atoms with van der Waals surface area (Å²) in [6.07, 6.45) is 4.13. The first-order valence-corrected chi connectivity index (χ1v) is 14.2. The molecule has 8 nitrogen and oxygen atoms in total. The van der Waals surface area contributed by atoms with Crippen LogP contribution in [-0.2, 0) is 33.4 Å². The molecule has 1 aliphatic heterocycles. The van der Waals surface area contributed by atoms with Gasteiger partial charge in [0.2, 0.25) is 0 Å². The van der Waals surface area contributed by atoms with Crippen LogP contribution in [0.4, 0.5) is 0 Å². The first-order valence-electron chi connectivity index (χ1n) is 14.2. The van der Waals surface area contributed by atoms with Crippen molar-refractivity contribution in [2.75, 3.05) is 13.2 Å². The molecule has 0 amide bonds. The van der Waals surface area contributed by atoms with Gasteiger partial charge < -0.3 is 19.3 Å². The van der Waals surface area contributed by atoms with Gasteiger partial charge in [-0.15, -0.1) is 0 Å². The normalized spacial score (nSPS) is 44.7. The summed E-state index contributed by atoms with van der Waals surface area (Å²) < 4.78 is 16.4. The number of carbonyl (C=O) groups is 4. The van der Waals surface area contributed by atoms with Crippen molar-refractivity contribution >= 4 is 23.9 Å². The summed E-state index contributed by atoms with van der Waals surface area (Å²) >= 11 is 0. The lowest BCUT2D eigenvalue weighted by molar-refractivity contribution is -0.173. The number of fused-ring (bicyclic) bond motifs is 5. The molecular formula is C29H42O8. The molecule has 37 heavy (non-hydrogen) atoms. The largest absolute Gasteiger partial charge is 0.463 e. The Labute approximate surface area is 219 Å². The average molecular weight is 519 g/mol. The van der Waals surface area contributed by atoms with Gasteiger partial charge in [-0.1, -0.05) is 13.8 Å². The molecule has 0 aromatic carbocycles. The van der Waals surface area contributed by atoms with Gasteiger partial charge in [-0.25, -0.2) is 0 Å². The Balaban J connectivity index is 1.39. The van der Waals surface area contributed by atoms with Gasteiger partial charge >= 0.3 is 23.9 Å². The van der Waals surface area contributed by atoms with Crippen LogP contribution in [0.15, 0.2) is 0 Å². The number of hydrogen-bond donors (Lipinski definition) is 1. The number of carbonyl (C=O) groups excluding carboxylic acids is 4. The van der Waals surface area contributed by atoms with Crippen LogP contribution in [0, 0.1) is 71.0 Å². The maximum Gasteiger partial charge on any atom is 0.317 e. The summed E-state index contributed by atoms with van der Waals surface area (Å²) in [5.74, 6) is -2.18. The highest BCUT2D eigenvalue weighted by Gasteiger charge is 2.65. The molecule has 6 rings (SSSR count). The lowest BCUT2D eigenvalue weighted by Crippen LogP contribution is -2.53. The quantitative estimate of drug-likeness (QED) is 0.323. The molecule has 6 aliphatic rings. The van der Waals surface area contributed by atoms with Crippen LogP contribution in [0.5, 0.6) is 0 Å². The van der Waals surface area contributed by atoms with Crippen LogP contribution in [0.1, 0.15) is 66.7 Å². The van der Waals surface area contributed by atoms with Crippen molar-refractivity contribution in [2.24, 2.45) is 71.0 Å². The fraction of sp³-hybridized carbons (Fsp3) is 0.862. The Bertz CT molecular complexity index is 950. The third kappa shape index (κ3) is 4.51. The molecule has 0 aromatic rings. The fourth-order valence-electron chi connectivity index (χ4n) is 9.30. The van der Waals surface area contributed by atoms with E-state index in [0.717, 1.165) is 25.7 Å². The van der Waals surface area contributed by atoms with Gasteiger partial charge in [0.05, 0.1) is 30.3 Å². The van der Waals surface area contributed by atoms with Crippen molar-refractivity contribution in [3.63, 3.8) is 0 Å². The minimum atomic E-state index is -0.558. The molecule has 12 unspecified atom stereocenters. The molecular weight excluding hydrogens is 476 g/mol. The molecule has 206 valence electrons. The van der Waals surface area contributed by atoms with E-state index < -0.39 is 29.4 Å². The monoisotopic (exact) mass is 518 g/mol. The molecule has 5 aliphatic carbocycles. The SMILES string of the molecule is CC1C2CCC(CC2C(=O)OC(C)(C)C)C1C1C(=O)OC(=O)C1C1C(C)C2CC(C(=O)OCCO)C1C2. The van der Waals surface area contributed by atoms with E-state index in [0.29, 0.717) is 12.3 Å². The molecule has 1 N–H and O–H groups in total. The highest BCUT2D eigenvalue weighted by Crippen LogP contribution is 2.63. The van der Waals surface area contributed by atoms with Gasteiger partial charge in [0.1, 0.15) is 12.2 Å². The zero-order valence-corrected chi connectivity index (χ0v) is 22.7. The maximum atomic E-state index is 13.3. The van der Waals surface area contributed by atoms with Gasteiger partial charge in [-0.05, 0) is 100 Å². The highest BCUT2D eigenvalue weighted by atomic mass is 16.6. The zero-order chi connectivity index (χ0) is 26.8. The Hall–Kier alpha value is -1.96. The molecule has 8 heteroatoms. The van der Waals surface area contributed by atoms with Gasteiger partial charge in [0, 0.05) is 0 Å². The van der Waals surface area contributed by atoms with E-state index in [2.05, 4.69) is 13.8 Å². The molecule has 0 spiro atoms. The van der Waals surface area contributed by atoms with Crippen molar-refractivity contribution in [1.29, 1.82) is 0 Å². The molecule has 5 saturated carbocycles. The summed E-state index contributed by atoms with van der Waals surface area (Å²) in [7, 11) is 0. The van der Waals surface area contributed by atoms with E-state index in [1.807, 2.05) is 20.8 Å². The average Bonchev–Trinajstić information content (AvgIpc) is 3.47. The van der Waals surface area contributed by atoms with Crippen LogP contribution in [-0.4, -0.2) is 47.8 Å². The predicted octanol–water partition coefficient (Wildman–Crippen LogP) is 3.39. The van der Waals surface area contributed by atoms with E-state index in [1.54, 1.807) is 0 Å². The van der Waals surface area contributed by atoms with Gasteiger partial charge in [-0.2, -0.15) is 0 Å². The number of aliphatic hydroxyl groups excluding tert-OH is 1. The van der Waals surface area contributed by atoms with Crippen molar-refractivity contribution in [2.45, 2.75) is 72.3 Å². The number of cyclic esters (lactones) is 2. The van der Waals surface area contributed by atoms with Gasteiger partial charge in [-0.3, -0.25) is 19.2 Å². The lowest BCUT2D eigenvalue weighted by atomic mass is 9.50. The number of rotatable bonds is 6. The first-order chi connectivity index (χ1) is 17.4. The van der Waals surface area contributed by atoms with Gasteiger partial charge in [0.15, 0.2) is 0 Å². The van der Waals surface area contributed by atoms with Crippen molar-refractivity contribution in [1.82, 2.24) is 0 Å². The number of ether oxygens (including phenoxy) is 3. The second kappa shape index (κ2) is 9.65. The van der Waals surface area contributed by atoms with E-state index in [9.17, 15) is 19.2 Å². The molecule has 1 heterocycles. The first kappa shape index (κ1) is 26.6. The third-order valence-electron chi connectivity index (χ3n) is 10.6. The minimum absolute atomic E-state index is 0.0208. The van der Waals surface area contributed by atoms with E-state index in [1.165, 1.54) is 0 Å². The van der Waals surface area contributed by atoms with E-state index in [-0.39, 0.29) is 78.4 Å². The fourth-order valence-corrected chi connectivity index (χ4v) is 9.30. The summed E-state index contributed by atoms with van der Waals surface area (Å²) in [4.78, 5) is 52.4. The summed E-state index contributed by atoms with van der Waals surface area (Å²) in [5, 5.41) is 9.08. The Kier molecular flexibility index (Phi) is 6.95. The molecule has 1 saturated heterocycles. The molecule has 12 atom stereocenters. The maximum absolute atomic E-state index is 13.3. The highest BCUT2D eigenvalue weighted by molar-refractivity contribution is 5.97. The van der Waals surface area contributed by atoms with Crippen LogP contribution in [0.2, 0.25) is 0 Å². The standard InChI is InChI=1S/C29H42O8/c1-13-16-11-18(20(12-16)25(31)35-9-8-30)22(13)24-23(27(33)36-28(24)34)21-14(2)17-7-6-15(21)10-19(17)26(32)37-29(3,4)5/h13-24,30H,6-12H2,1-5H3. The zero-order valence-electron chi connectivity index (χ0n) is 22.7. The van der Waals surface area contributed by atoms with Crippen molar-refractivity contribution in [3.8, 4) is 0 Å². The predicted molar refractivity (Wildman–Crippen MR) is 131 cm³/mol. The lowest BCUT2D eigenvalue weighted by Gasteiger charge is -2.53. The molecule has 4 bridgehead atoms. The second-order valence-electron chi connectivity index (χ2n) is 13.4.